The van der Waals surface area contributed by atoms with E-state index in [1.54, 1.807) is 0 Å². The van der Waals surface area contributed by atoms with Crippen LogP contribution < -0.4 is 5.32 Å². The van der Waals surface area contributed by atoms with Crippen molar-refractivity contribution in [2.45, 2.75) is 148 Å². The fourth-order valence-corrected chi connectivity index (χ4v) is 4.01. The molecular formula is C29H53NO5. The van der Waals surface area contributed by atoms with Crippen LogP contribution in [0.2, 0.25) is 0 Å². The number of carbonyl (C=O) groups is 3. The highest BCUT2D eigenvalue weighted by Gasteiger charge is 2.11. The van der Waals surface area contributed by atoms with E-state index in [1.807, 2.05) is 0 Å². The summed E-state index contributed by atoms with van der Waals surface area (Å²) in [6.07, 6.45) is 24.9. The van der Waals surface area contributed by atoms with Crippen molar-refractivity contribution in [1.82, 2.24) is 5.32 Å². The van der Waals surface area contributed by atoms with Gasteiger partial charge in [0.25, 0.3) is 0 Å². The zero-order chi connectivity index (χ0) is 26.0. The van der Waals surface area contributed by atoms with E-state index in [9.17, 15) is 14.4 Å². The summed E-state index contributed by atoms with van der Waals surface area (Å²) in [5.41, 5.74) is 0. The van der Waals surface area contributed by atoms with Crippen molar-refractivity contribution in [1.29, 1.82) is 0 Å². The molecule has 0 heterocycles. The van der Waals surface area contributed by atoms with Gasteiger partial charge in [-0.1, -0.05) is 97.0 Å². The number of amides is 1. The fourth-order valence-electron chi connectivity index (χ4n) is 4.01. The van der Waals surface area contributed by atoms with Gasteiger partial charge in [0.1, 0.15) is 12.6 Å². The van der Waals surface area contributed by atoms with E-state index in [0.29, 0.717) is 12.8 Å². The molecule has 204 valence electrons. The van der Waals surface area contributed by atoms with E-state index < -0.39 is 5.97 Å². The van der Waals surface area contributed by atoms with Crippen molar-refractivity contribution in [2.75, 3.05) is 6.54 Å². The number of rotatable bonds is 25. The first-order valence-corrected chi connectivity index (χ1v) is 14.3. The molecule has 0 bridgehead atoms. The fraction of sp³-hybridized carbons (Fsp3) is 0.828. The normalized spacial score (nSPS) is 12.1. The van der Waals surface area contributed by atoms with Crippen molar-refractivity contribution < 1.29 is 24.2 Å². The van der Waals surface area contributed by atoms with Gasteiger partial charge in [0.15, 0.2) is 0 Å². The molecule has 1 unspecified atom stereocenters. The first-order valence-electron chi connectivity index (χ1n) is 14.3. The molecule has 0 aliphatic heterocycles. The Morgan fingerprint density at radius 1 is 0.743 bits per heavy atom. The quantitative estimate of drug-likeness (QED) is 0.0777. The van der Waals surface area contributed by atoms with Gasteiger partial charge in [0.05, 0.1) is 0 Å². The Labute approximate surface area is 214 Å². The molecule has 0 aromatic rings. The number of hydrogen-bond acceptors (Lipinski definition) is 4. The highest BCUT2D eigenvalue weighted by atomic mass is 16.5. The van der Waals surface area contributed by atoms with Crippen molar-refractivity contribution >= 4 is 17.8 Å². The van der Waals surface area contributed by atoms with Crippen LogP contribution in [0.5, 0.6) is 0 Å². The highest BCUT2D eigenvalue weighted by Crippen LogP contribution is 2.15. The van der Waals surface area contributed by atoms with Gasteiger partial charge >= 0.3 is 11.9 Å². The van der Waals surface area contributed by atoms with Crippen LogP contribution in [-0.4, -0.2) is 35.6 Å². The molecule has 0 rings (SSSR count). The van der Waals surface area contributed by atoms with Crippen LogP contribution in [0.25, 0.3) is 0 Å². The third-order valence-corrected chi connectivity index (χ3v) is 6.17. The first-order chi connectivity index (χ1) is 17.0. The number of nitrogens with one attached hydrogen (secondary N) is 1. The number of esters is 1. The lowest BCUT2D eigenvalue weighted by molar-refractivity contribution is -0.147. The van der Waals surface area contributed by atoms with Gasteiger partial charge in [-0.3, -0.25) is 14.4 Å². The molecule has 0 aromatic carbocycles. The van der Waals surface area contributed by atoms with Gasteiger partial charge in [-0.25, -0.2) is 0 Å². The average Bonchev–Trinajstić information content (AvgIpc) is 2.83. The number of unbranched alkanes of at least 4 members (excludes halogenated alkanes) is 14. The van der Waals surface area contributed by atoms with E-state index >= 15 is 0 Å². The molecule has 0 aromatic heterocycles. The molecule has 35 heavy (non-hydrogen) atoms. The summed E-state index contributed by atoms with van der Waals surface area (Å²) in [5.74, 6) is -1.34. The Kier molecular flexibility index (Phi) is 23.9. The minimum Gasteiger partial charge on any atom is -0.480 e. The van der Waals surface area contributed by atoms with Crippen LogP contribution in [0, 0.1) is 0 Å². The monoisotopic (exact) mass is 495 g/mol. The Morgan fingerprint density at radius 2 is 1.29 bits per heavy atom. The van der Waals surface area contributed by atoms with E-state index in [1.165, 1.54) is 64.2 Å². The van der Waals surface area contributed by atoms with Crippen LogP contribution in [0.1, 0.15) is 142 Å². The smallest absolute Gasteiger partial charge is 0.322 e. The largest absolute Gasteiger partial charge is 0.480 e. The maximum atomic E-state index is 12.4. The Morgan fingerprint density at radius 3 is 1.91 bits per heavy atom. The number of hydrogen-bond donors (Lipinski definition) is 2. The van der Waals surface area contributed by atoms with E-state index in [2.05, 4.69) is 31.3 Å². The number of carbonyl (C=O) groups excluding carboxylic acids is 2. The lowest BCUT2D eigenvalue weighted by Gasteiger charge is -2.15. The minimum atomic E-state index is -1.03. The van der Waals surface area contributed by atoms with Gasteiger partial charge in [0.2, 0.25) is 5.91 Å². The Balaban J connectivity index is 4.18. The molecule has 2 N–H and O–H groups in total. The lowest BCUT2D eigenvalue weighted by Crippen LogP contribution is -2.28. The standard InChI is InChI=1S/C29H53NO5/c1-3-5-7-9-11-12-14-20-24-29(34)35-26(21-17-13-10-8-6-4-2)22-18-15-16-19-23-27(31)30-25-28(32)33/h17,21,26H,3-16,18-20,22-25H2,1-2H3,(H,30,31)(H,32,33)/b21-17-. The molecule has 6 heteroatoms. The molecule has 1 atom stereocenters. The topological polar surface area (TPSA) is 92.7 Å². The summed E-state index contributed by atoms with van der Waals surface area (Å²) in [4.78, 5) is 34.4. The van der Waals surface area contributed by atoms with E-state index in [-0.39, 0.29) is 24.5 Å². The van der Waals surface area contributed by atoms with Crippen molar-refractivity contribution in [3.8, 4) is 0 Å². The number of carboxylic acids is 1. The van der Waals surface area contributed by atoms with Crippen molar-refractivity contribution in [3.05, 3.63) is 12.2 Å². The second-order valence-corrected chi connectivity index (χ2v) is 9.65. The predicted molar refractivity (Wildman–Crippen MR) is 143 cm³/mol. The van der Waals surface area contributed by atoms with Crippen LogP contribution >= 0.6 is 0 Å². The number of aliphatic carboxylic acids is 1. The zero-order valence-corrected chi connectivity index (χ0v) is 22.7. The third-order valence-electron chi connectivity index (χ3n) is 6.17. The summed E-state index contributed by atoms with van der Waals surface area (Å²) in [6, 6.07) is 0. The lowest BCUT2D eigenvalue weighted by atomic mass is 10.1. The summed E-state index contributed by atoms with van der Waals surface area (Å²) >= 11 is 0. The number of ether oxygens (including phenoxy) is 1. The maximum Gasteiger partial charge on any atom is 0.322 e. The molecule has 0 aliphatic carbocycles. The van der Waals surface area contributed by atoms with E-state index in [4.69, 9.17) is 9.84 Å². The molecule has 1 amide bonds. The van der Waals surface area contributed by atoms with Crippen molar-refractivity contribution in [2.24, 2.45) is 0 Å². The van der Waals surface area contributed by atoms with E-state index in [0.717, 1.165) is 51.4 Å². The van der Waals surface area contributed by atoms with Gasteiger partial charge in [0, 0.05) is 12.8 Å². The Hall–Kier alpha value is -1.85. The zero-order valence-electron chi connectivity index (χ0n) is 22.7. The summed E-state index contributed by atoms with van der Waals surface area (Å²) in [7, 11) is 0. The van der Waals surface area contributed by atoms with Crippen molar-refractivity contribution in [3.63, 3.8) is 0 Å². The maximum absolute atomic E-state index is 12.4. The molecule has 6 nitrogen and oxygen atoms in total. The molecule has 0 fully saturated rings. The van der Waals surface area contributed by atoms with Crippen LogP contribution in [-0.2, 0) is 19.1 Å². The first kappa shape index (κ1) is 33.1. The number of carboxylic acid groups (broad SMARTS) is 1. The van der Waals surface area contributed by atoms with Gasteiger partial charge in [-0.15, -0.1) is 0 Å². The predicted octanol–water partition coefficient (Wildman–Crippen LogP) is 7.50. The summed E-state index contributed by atoms with van der Waals surface area (Å²) in [6.45, 7) is 4.11. The molecule has 0 spiro atoms. The van der Waals surface area contributed by atoms with Crippen LogP contribution in [0.4, 0.5) is 0 Å². The van der Waals surface area contributed by atoms with Gasteiger partial charge in [-0.05, 0) is 44.6 Å². The molecule has 0 saturated heterocycles. The minimum absolute atomic E-state index is 0.0910. The second-order valence-electron chi connectivity index (χ2n) is 9.65. The number of allylic oxidation sites excluding steroid dienone is 1. The van der Waals surface area contributed by atoms with Crippen LogP contribution in [0.3, 0.4) is 0 Å². The second kappa shape index (κ2) is 25.2. The summed E-state index contributed by atoms with van der Waals surface area (Å²) in [5, 5.41) is 11.0. The highest BCUT2D eigenvalue weighted by molar-refractivity contribution is 5.80. The molecule has 0 aliphatic rings. The molecule has 0 saturated carbocycles. The molecule has 0 radical (unpaired) electrons. The Bertz CT molecular complexity index is 561. The van der Waals surface area contributed by atoms with Crippen LogP contribution in [0.15, 0.2) is 12.2 Å². The average molecular weight is 496 g/mol. The SMILES string of the molecule is CCCCCC/C=C\C(CCCCCCC(=O)NCC(=O)O)OC(=O)CCCCCCCCCC. The van der Waals surface area contributed by atoms with Gasteiger partial charge < -0.3 is 15.2 Å². The molecular weight excluding hydrogens is 442 g/mol. The summed E-state index contributed by atoms with van der Waals surface area (Å²) < 4.78 is 5.79. The third kappa shape index (κ3) is 25.1. The van der Waals surface area contributed by atoms with Gasteiger partial charge in [-0.2, -0.15) is 0 Å².